The lowest BCUT2D eigenvalue weighted by atomic mass is 10.3. The van der Waals surface area contributed by atoms with E-state index >= 15 is 0 Å². The Labute approximate surface area is 136 Å². The minimum Gasteiger partial charge on any atom is -0.382 e. The maximum absolute atomic E-state index is 12.1. The van der Waals surface area contributed by atoms with Gasteiger partial charge in [-0.05, 0) is 24.3 Å². The van der Waals surface area contributed by atoms with Crippen LogP contribution in [0.4, 0.5) is 10.8 Å². The highest BCUT2D eigenvalue weighted by atomic mass is 32.2. The van der Waals surface area contributed by atoms with Gasteiger partial charge in [-0.1, -0.05) is 0 Å². The van der Waals surface area contributed by atoms with Crippen molar-refractivity contribution in [3.8, 4) is 6.07 Å². The van der Waals surface area contributed by atoms with Gasteiger partial charge in [0.25, 0.3) is 10.0 Å². The molecule has 0 aliphatic rings. The van der Waals surface area contributed by atoms with E-state index in [0.29, 0.717) is 5.69 Å². The van der Waals surface area contributed by atoms with Crippen molar-refractivity contribution in [3.63, 3.8) is 0 Å². The lowest BCUT2D eigenvalue weighted by molar-refractivity contribution is 0.601. The molecular weight excluding hydrogens is 338 g/mol. The SMILES string of the molecule is N#C/C(=N\Nc1ccc(S(=O)(=O)Nc2nccs2)cc1)C(=N)N. The van der Waals surface area contributed by atoms with E-state index in [1.165, 1.54) is 41.8 Å². The van der Waals surface area contributed by atoms with Gasteiger partial charge in [-0.15, -0.1) is 11.3 Å². The number of nitrogens with two attached hydrogens (primary N) is 1. The number of amidine groups is 1. The van der Waals surface area contributed by atoms with Gasteiger partial charge in [0.05, 0.1) is 10.6 Å². The lowest BCUT2D eigenvalue weighted by Crippen LogP contribution is -2.21. The van der Waals surface area contributed by atoms with Crippen molar-refractivity contribution in [2.24, 2.45) is 10.8 Å². The average molecular weight is 349 g/mol. The van der Waals surface area contributed by atoms with E-state index in [-0.39, 0.29) is 15.7 Å². The summed E-state index contributed by atoms with van der Waals surface area (Å²) in [5, 5.41) is 21.4. The number of nitriles is 1. The molecule has 1 heterocycles. The molecular formula is C12H11N7O2S2. The zero-order valence-corrected chi connectivity index (χ0v) is 13.1. The third-order valence-electron chi connectivity index (χ3n) is 2.48. The summed E-state index contributed by atoms with van der Waals surface area (Å²) in [4.78, 5) is 3.91. The van der Waals surface area contributed by atoms with Gasteiger partial charge < -0.3 is 5.73 Å². The first-order chi connectivity index (χ1) is 10.9. The number of rotatable bonds is 6. The predicted molar refractivity (Wildman–Crippen MR) is 87.9 cm³/mol. The van der Waals surface area contributed by atoms with Gasteiger partial charge in [-0.3, -0.25) is 15.6 Å². The summed E-state index contributed by atoms with van der Waals surface area (Å²) >= 11 is 1.17. The first-order valence-corrected chi connectivity index (χ1v) is 8.39. The fourth-order valence-electron chi connectivity index (χ4n) is 1.42. The molecule has 2 rings (SSSR count). The van der Waals surface area contributed by atoms with Crippen molar-refractivity contribution in [1.82, 2.24) is 4.98 Å². The summed E-state index contributed by atoms with van der Waals surface area (Å²) in [5.74, 6) is -0.466. The van der Waals surface area contributed by atoms with Crippen LogP contribution in [0.2, 0.25) is 0 Å². The number of sulfonamides is 1. The van der Waals surface area contributed by atoms with Crippen LogP contribution >= 0.6 is 11.3 Å². The van der Waals surface area contributed by atoms with Crippen molar-refractivity contribution >= 4 is 43.7 Å². The predicted octanol–water partition coefficient (Wildman–Crippen LogP) is 1.17. The van der Waals surface area contributed by atoms with Crippen LogP contribution in [-0.2, 0) is 10.0 Å². The Hall–Kier alpha value is -2.97. The Morgan fingerprint density at radius 3 is 2.61 bits per heavy atom. The van der Waals surface area contributed by atoms with Crippen molar-refractivity contribution in [1.29, 1.82) is 10.7 Å². The summed E-state index contributed by atoms with van der Waals surface area (Å²) in [7, 11) is -3.72. The fraction of sp³-hybridized carbons (Fsp3) is 0. The van der Waals surface area contributed by atoms with E-state index < -0.39 is 15.9 Å². The molecule has 0 fully saturated rings. The molecule has 1 aromatic heterocycles. The van der Waals surface area contributed by atoms with E-state index in [4.69, 9.17) is 16.4 Å². The topological polar surface area (TPSA) is 157 Å². The third kappa shape index (κ3) is 4.25. The molecule has 0 atom stereocenters. The number of hydrazone groups is 1. The van der Waals surface area contributed by atoms with E-state index in [1.807, 2.05) is 0 Å². The molecule has 0 saturated carbocycles. The van der Waals surface area contributed by atoms with E-state index in [1.54, 1.807) is 11.4 Å². The van der Waals surface area contributed by atoms with Crippen molar-refractivity contribution in [3.05, 3.63) is 35.8 Å². The molecule has 0 radical (unpaired) electrons. The van der Waals surface area contributed by atoms with Crippen LogP contribution in [0, 0.1) is 16.7 Å². The molecule has 1 aromatic carbocycles. The number of aromatic nitrogens is 1. The Bertz CT molecular complexity index is 865. The molecule has 23 heavy (non-hydrogen) atoms. The second kappa shape index (κ2) is 6.86. The van der Waals surface area contributed by atoms with Gasteiger partial charge in [0.1, 0.15) is 6.07 Å². The number of nitrogens with one attached hydrogen (secondary N) is 3. The maximum Gasteiger partial charge on any atom is 0.263 e. The van der Waals surface area contributed by atoms with Crippen LogP contribution in [0.1, 0.15) is 0 Å². The lowest BCUT2D eigenvalue weighted by Gasteiger charge is -2.06. The second-order valence-electron chi connectivity index (χ2n) is 4.06. The minimum atomic E-state index is -3.72. The summed E-state index contributed by atoms with van der Waals surface area (Å²) < 4.78 is 26.6. The fourth-order valence-corrected chi connectivity index (χ4v) is 3.21. The van der Waals surface area contributed by atoms with Crippen LogP contribution in [0.25, 0.3) is 0 Å². The van der Waals surface area contributed by atoms with Crippen LogP contribution < -0.4 is 15.9 Å². The zero-order valence-electron chi connectivity index (χ0n) is 11.5. The average Bonchev–Trinajstić information content (AvgIpc) is 3.00. The molecule has 0 aliphatic heterocycles. The Balaban J connectivity index is 2.13. The molecule has 0 bridgehead atoms. The molecule has 0 unspecified atom stereocenters. The van der Waals surface area contributed by atoms with E-state index in [2.05, 4.69) is 20.2 Å². The highest BCUT2D eigenvalue weighted by Crippen LogP contribution is 2.19. The third-order valence-corrected chi connectivity index (χ3v) is 4.65. The first-order valence-electron chi connectivity index (χ1n) is 6.03. The summed E-state index contributed by atoms with van der Waals surface area (Å²) in [6.45, 7) is 0. The standard InChI is InChI=1S/C12H11N7O2S2/c13-7-10(11(14)15)18-17-8-1-3-9(4-2-8)23(20,21)19-12-16-5-6-22-12/h1-6,17H,(H3,14,15)(H,16,19)/b18-10+. The highest BCUT2D eigenvalue weighted by molar-refractivity contribution is 7.93. The Morgan fingerprint density at radius 2 is 2.09 bits per heavy atom. The van der Waals surface area contributed by atoms with Crippen molar-refractivity contribution in [2.45, 2.75) is 4.90 Å². The molecule has 0 aliphatic carbocycles. The number of benzene rings is 1. The van der Waals surface area contributed by atoms with Crippen LogP contribution in [-0.4, -0.2) is 24.9 Å². The Morgan fingerprint density at radius 1 is 1.39 bits per heavy atom. The number of anilines is 2. The van der Waals surface area contributed by atoms with Crippen molar-refractivity contribution in [2.75, 3.05) is 10.1 Å². The van der Waals surface area contributed by atoms with Gasteiger partial charge in [0.2, 0.25) is 5.71 Å². The molecule has 118 valence electrons. The molecule has 11 heteroatoms. The number of thiazole rings is 1. The van der Waals surface area contributed by atoms with Crippen LogP contribution in [0.15, 0.2) is 45.8 Å². The summed E-state index contributed by atoms with van der Waals surface area (Å²) in [6, 6.07) is 7.33. The molecule has 0 amide bonds. The van der Waals surface area contributed by atoms with Crippen LogP contribution in [0.5, 0.6) is 0 Å². The number of nitrogens with zero attached hydrogens (tertiary/aromatic N) is 3. The molecule has 2 aromatic rings. The molecule has 9 nitrogen and oxygen atoms in total. The van der Waals surface area contributed by atoms with Gasteiger partial charge in [-0.25, -0.2) is 13.4 Å². The molecule has 5 N–H and O–H groups in total. The van der Waals surface area contributed by atoms with E-state index in [9.17, 15) is 8.42 Å². The smallest absolute Gasteiger partial charge is 0.263 e. The van der Waals surface area contributed by atoms with Gasteiger partial charge in [0.15, 0.2) is 11.0 Å². The Kier molecular flexibility index (Phi) is 4.89. The highest BCUT2D eigenvalue weighted by Gasteiger charge is 2.15. The number of hydrogen-bond donors (Lipinski definition) is 4. The van der Waals surface area contributed by atoms with Gasteiger partial charge in [0, 0.05) is 11.6 Å². The minimum absolute atomic E-state index is 0.0503. The summed E-state index contributed by atoms with van der Waals surface area (Å²) in [6.07, 6.45) is 1.50. The molecule has 0 spiro atoms. The first kappa shape index (κ1) is 16.4. The summed E-state index contributed by atoms with van der Waals surface area (Å²) in [5.41, 5.74) is 7.84. The van der Waals surface area contributed by atoms with Gasteiger partial charge >= 0.3 is 0 Å². The van der Waals surface area contributed by atoms with Crippen molar-refractivity contribution < 1.29 is 8.42 Å². The number of hydrogen-bond acceptors (Lipinski definition) is 8. The van der Waals surface area contributed by atoms with Gasteiger partial charge in [-0.2, -0.15) is 10.4 Å². The largest absolute Gasteiger partial charge is 0.382 e. The monoisotopic (exact) mass is 349 g/mol. The second-order valence-corrected chi connectivity index (χ2v) is 6.64. The van der Waals surface area contributed by atoms with Crippen LogP contribution in [0.3, 0.4) is 0 Å². The quantitative estimate of drug-likeness (QED) is 0.348. The van der Waals surface area contributed by atoms with E-state index in [0.717, 1.165) is 0 Å². The normalized spacial score (nSPS) is 11.5. The molecule has 0 saturated heterocycles. The zero-order chi connectivity index (χ0) is 16.9. The maximum atomic E-state index is 12.1.